The van der Waals surface area contributed by atoms with E-state index in [2.05, 4.69) is 12.2 Å². The second kappa shape index (κ2) is 6.02. The van der Waals surface area contributed by atoms with Gasteiger partial charge in [-0.25, -0.2) is 0 Å². The van der Waals surface area contributed by atoms with Crippen molar-refractivity contribution >= 4 is 0 Å². The van der Waals surface area contributed by atoms with E-state index in [4.69, 9.17) is 0 Å². The molecule has 4 unspecified atom stereocenters. The molecule has 2 rings (SSSR count). The lowest BCUT2D eigenvalue weighted by Crippen LogP contribution is -2.38. The first-order chi connectivity index (χ1) is 7.79. The summed E-state index contributed by atoms with van der Waals surface area (Å²) in [6, 6.07) is 0.728. The molecular formula is C14H27NO. The topological polar surface area (TPSA) is 32.3 Å². The maximum atomic E-state index is 9.78. The van der Waals surface area contributed by atoms with E-state index in [1.165, 1.54) is 44.9 Å². The first-order valence-corrected chi connectivity index (χ1v) is 7.21. The fraction of sp³-hybridized carbons (Fsp3) is 1.00. The maximum absolute atomic E-state index is 9.78. The van der Waals surface area contributed by atoms with E-state index >= 15 is 0 Å². The lowest BCUT2D eigenvalue weighted by atomic mass is 9.84. The van der Waals surface area contributed by atoms with Crippen molar-refractivity contribution < 1.29 is 5.11 Å². The summed E-state index contributed by atoms with van der Waals surface area (Å²) < 4.78 is 0. The van der Waals surface area contributed by atoms with Crippen molar-refractivity contribution in [2.45, 2.75) is 70.4 Å². The minimum atomic E-state index is -0.0296. The van der Waals surface area contributed by atoms with Crippen LogP contribution in [0.2, 0.25) is 0 Å². The Morgan fingerprint density at radius 1 is 1.12 bits per heavy atom. The summed E-state index contributed by atoms with van der Waals surface area (Å²) in [7, 11) is 0. The van der Waals surface area contributed by atoms with Gasteiger partial charge in [0.15, 0.2) is 0 Å². The van der Waals surface area contributed by atoms with Gasteiger partial charge in [-0.3, -0.25) is 0 Å². The Labute approximate surface area is 99.8 Å². The molecule has 2 fully saturated rings. The lowest BCUT2D eigenvalue weighted by molar-refractivity contribution is 0.127. The molecule has 16 heavy (non-hydrogen) atoms. The van der Waals surface area contributed by atoms with Crippen molar-refractivity contribution in [3.05, 3.63) is 0 Å². The van der Waals surface area contributed by atoms with Crippen LogP contribution in [0, 0.1) is 11.8 Å². The van der Waals surface area contributed by atoms with Crippen LogP contribution >= 0.6 is 0 Å². The third kappa shape index (κ3) is 3.21. The van der Waals surface area contributed by atoms with Gasteiger partial charge in [0.25, 0.3) is 0 Å². The molecule has 0 bridgehead atoms. The summed E-state index contributed by atoms with van der Waals surface area (Å²) in [6.07, 6.45) is 10.3. The molecule has 2 N–H and O–H groups in total. The van der Waals surface area contributed by atoms with Crippen LogP contribution < -0.4 is 5.32 Å². The maximum Gasteiger partial charge on any atom is 0.0580 e. The monoisotopic (exact) mass is 225 g/mol. The van der Waals surface area contributed by atoms with Crippen molar-refractivity contribution in [1.82, 2.24) is 5.32 Å². The predicted molar refractivity (Wildman–Crippen MR) is 67.4 cm³/mol. The third-order valence-corrected chi connectivity index (χ3v) is 4.65. The van der Waals surface area contributed by atoms with Crippen LogP contribution in [-0.4, -0.2) is 23.8 Å². The highest BCUT2D eigenvalue weighted by atomic mass is 16.3. The summed E-state index contributed by atoms with van der Waals surface area (Å²) in [5.41, 5.74) is 0. The SMILES string of the molecule is CCC1CCCC(NCC2CCCC2O)C1. The Bertz CT molecular complexity index is 207. The van der Waals surface area contributed by atoms with Gasteiger partial charge in [-0.15, -0.1) is 0 Å². The van der Waals surface area contributed by atoms with Gasteiger partial charge in [0, 0.05) is 12.6 Å². The number of nitrogens with one attached hydrogen (secondary N) is 1. The molecule has 0 amide bonds. The molecule has 2 aliphatic carbocycles. The molecule has 2 nitrogen and oxygen atoms in total. The van der Waals surface area contributed by atoms with Crippen molar-refractivity contribution in [3.63, 3.8) is 0 Å². The van der Waals surface area contributed by atoms with Crippen LogP contribution in [-0.2, 0) is 0 Å². The van der Waals surface area contributed by atoms with Crippen LogP contribution in [0.3, 0.4) is 0 Å². The largest absolute Gasteiger partial charge is 0.393 e. The fourth-order valence-electron chi connectivity index (χ4n) is 3.42. The average Bonchev–Trinajstić information content (AvgIpc) is 2.72. The molecule has 0 spiro atoms. The van der Waals surface area contributed by atoms with Gasteiger partial charge in [0.2, 0.25) is 0 Å². The van der Waals surface area contributed by atoms with Crippen LogP contribution in [0.25, 0.3) is 0 Å². The third-order valence-electron chi connectivity index (χ3n) is 4.65. The molecule has 0 aromatic rings. The number of hydrogen-bond donors (Lipinski definition) is 2. The molecule has 2 heteroatoms. The number of hydrogen-bond acceptors (Lipinski definition) is 2. The zero-order valence-corrected chi connectivity index (χ0v) is 10.6. The fourth-order valence-corrected chi connectivity index (χ4v) is 3.42. The highest BCUT2D eigenvalue weighted by Gasteiger charge is 2.27. The first-order valence-electron chi connectivity index (χ1n) is 7.21. The Balaban J connectivity index is 1.68. The van der Waals surface area contributed by atoms with E-state index in [1.54, 1.807) is 0 Å². The first kappa shape index (κ1) is 12.4. The molecular weight excluding hydrogens is 198 g/mol. The highest BCUT2D eigenvalue weighted by molar-refractivity contribution is 4.82. The van der Waals surface area contributed by atoms with Gasteiger partial charge >= 0.3 is 0 Å². The van der Waals surface area contributed by atoms with Crippen molar-refractivity contribution in [3.8, 4) is 0 Å². The number of aliphatic hydroxyl groups excluding tert-OH is 1. The smallest absolute Gasteiger partial charge is 0.0580 e. The van der Waals surface area contributed by atoms with Crippen molar-refractivity contribution in [2.75, 3.05) is 6.54 Å². The van der Waals surface area contributed by atoms with Gasteiger partial charge < -0.3 is 10.4 Å². The molecule has 4 atom stereocenters. The minimum absolute atomic E-state index is 0.0296. The van der Waals surface area contributed by atoms with E-state index in [-0.39, 0.29) is 6.10 Å². The van der Waals surface area contributed by atoms with E-state index in [0.717, 1.165) is 24.9 Å². The quantitative estimate of drug-likeness (QED) is 0.771. The molecule has 0 aromatic carbocycles. The Kier molecular flexibility index (Phi) is 4.66. The molecule has 0 heterocycles. The van der Waals surface area contributed by atoms with Gasteiger partial charge in [-0.1, -0.05) is 32.6 Å². The molecule has 0 radical (unpaired) electrons. The van der Waals surface area contributed by atoms with Crippen LogP contribution in [0.15, 0.2) is 0 Å². The number of aliphatic hydroxyl groups is 1. The molecule has 94 valence electrons. The minimum Gasteiger partial charge on any atom is -0.393 e. The van der Waals surface area contributed by atoms with Gasteiger partial charge in [0.1, 0.15) is 0 Å². The van der Waals surface area contributed by atoms with Crippen LogP contribution in [0.4, 0.5) is 0 Å². The van der Waals surface area contributed by atoms with Crippen molar-refractivity contribution in [1.29, 1.82) is 0 Å². The molecule has 2 saturated carbocycles. The Morgan fingerprint density at radius 2 is 1.94 bits per heavy atom. The molecule has 0 aromatic heterocycles. The molecule has 0 saturated heterocycles. The summed E-state index contributed by atoms with van der Waals surface area (Å²) >= 11 is 0. The van der Waals surface area contributed by atoms with E-state index in [0.29, 0.717) is 5.92 Å². The normalized spacial score (nSPS) is 40.1. The van der Waals surface area contributed by atoms with Crippen LogP contribution in [0.1, 0.15) is 58.3 Å². The summed E-state index contributed by atoms with van der Waals surface area (Å²) in [5.74, 6) is 1.47. The highest BCUT2D eigenvalue weighted by Crippen LogP contribution is 2.28. The summed E-state index contributed by atoms with van der Waals surface area (Å²) in [5, 5.41) is 13.5. The van der Waals surface area contributed by atoms with E-state index < -0.39 is 0 Å². The Hall–Kier alpha value is -0.0800. The zero-order chi connectivity index (χ0) is 11.4. The molecule has 0 aliphatic heterocycles. The lowest BCUT2D eigenvalue weighted by Gasteiger charge is -2.30. The average molecular weight is 225 g/mol. The van der Waals surface area contributed by atoms with Gasteiger partial charge in [0.05, 0.1) is 6.10 Å². The van der Waals surface area contributed by atoms with Crippen LogP contribution in [0.5, 0.6) is 0 Å². The second-order valence-electron chi connectivity index (χ2n) is 5.80. The predicted octanol–water partition coefficient (Wildman–Crippen LogP) is 2.71. The second-order valence-corrected chi connectivity index (χ2v) is 5.80. The van der Waals surface area contributed by atoms with E-state index in [9.17, 15) is 5.11 Å². The number of rotatable bonds is 4. The Morgan fingerprint density at radius 3 is 2.62 bits per heavy atom. The zero-order valence-electron chi connectivity index (χ0n) is 10.6. The molecule has 2 aliphatic rings. The van der Waals surface area contributed by atoms with Gasteiger partial charge in [-0.05, 0) is 37.5 Å². The van der Waals surface area contributed by atoms with E-state index in [1.807, 2.05) is 0 Å². The standard InChI is InChI=1S/C14H27NO/c1-2-11-5-3-7-13(9-11)15-10-12-6-4-8-14(12)16/h11-16H,2-10H2,1H3. The van der Waals surface area contributed by atoms with Crippen molar-refractivity contribution in [2.24, 2.45) is 11.8 Å². The summed E-state index contributed by atoms with van der Waals surface area (Å²) in [4.78, 5) is 0. The van der Waals surface area contributed by atoms with Gasteiger partial charge in [-0.2, -0.15) is 0 Å². The summed E-state index contributed by atoms with van der Waals surface area (Å²) in [6.45, 7) is 3.36.